The zero-order valence-electron chi connectivity index (χ0n) is 12.3. The van der Waals surface area contributed by atoms with Crippen molar-refractivity contribution in [1.29, 1.82) is 0 Å². The van der Waals surface area contributed by atoms with Crippen LogP contribution in [0.4, 0.5) is 18.9 Å². The first-order valence-corrected chi connectivity index (χ1v) is 7.43. The molecule has 0 aliphatic heterocycles. The van der Waals surface area contributed by atoms with E-state index < -0.39 is 17.6 Å². The van der Waals surface area contributed by atoms with Crippen molar-refractivity contribution in [2.24, 2.45) is 0 Å². The van der Waals surface area contributed by atoms with Crippen molar-refractivity contribution in [3.8, 4) is 0 Å². The Bertz CT molecular complexity index is 902. The van der Waals surface area contributed by atoms with Gasteiger partial charge in [0.15, 0.2) is 0 Å². The molecule has 3 aromatic rings. The van der Waals surface area contributed by atoms with Gasteiger partial charge in [-0.1, -0.05) is 29.8 Å². The van der Waals surface area contributed by atoms with Gasteiger partial charge in [0.2, 0.25) is 5.91 Å². The van der Waals surface area contributed by atoms with Crippen LogP contribution in [0.15, 0.2) is 54.7 Å². The maximum absolute atomic E-state index is 13.0. The van der Waals surface area contributed by atoms with Crippen LogP contribution in [0.5, 0.6) is 0 Å². The summed E-state index contributed by atoms with van der Waals surface area (Å²) in [7, 11) is 0. The summed E-state index contributed by atoms with van der Waals surface area (Å²) in [5, 5.41) is 3.65. The maximum Gasteiger partial charge on any atom is 0.418 e. The third-order valence-corrected chi connectivity index (χ3v) is 3.91. The minimum absolute atomic E-state index is 0.115. The number of halogens is 4. The van der Waals surface area contributed by atoms with Gasteiger partial charge in [-0.2, -0.15) is 13.2 Å². The van der Waals surface area contributed by atoms with Crippen LogP contribution in [-0.2, 0) is 17.5 Å². The average molecular weight is 353 g/mol. The molecule has 1 heterocycles. The van der Waals surface area contributed by atoms with Gasteiger partial charge in [-0.05, 0) is 30.3 Å². The van der Waals surface area contributed by atoms with Crippen LogP contribution in [0.3, 0.4) is 0 Å². The predicted molar refractivity (Wildman–Crippen MR) is 87.0 cm³/mol. The number of fused-ring (bicyclic) bond motifs is 1. The van der Waals surface area contributed by atoms with E-state index in [9.17, 15) is 18.0 Å². The van der Waals surface area contributed by atoms with Gasteiger partial charge >= 0.3 is 6.18 Å². The summed E-state index contributed by atoms with van der Waals surface area (Å²) < 4.78 is 40.5. The molecule has 3 rings (SSSR count). The number of para-hydroxylation sites is 1. The second-order valence-corrected chi connectivity index (χ2v) is 5.61. The molecule has 7 heteroatoms. The van der Waals surface area contributed by atoms with Crippen LogP contribution in [-0.4, -0.2) is 10.5 Å². The zero-order chi connectivity index (χ0) is 17.3. The first-order chi connectivity index (χ1) is 11.4. The standard InChI is InChI=1S/C17H12ClF3N2O/c18-13-5-3-7-15-11(13)8-9-23(15)10-16(24)22-14-6-2-1-4-12(14)17(19,20)21/h1-9H,10H2,(H,22,24). The Hall–Kier alpha value is -2.47. The molecule has 124 valence electrons. The second kappa shape index (κ2) is 6.20. The van der Waals surface area contributed by atoms with Crippen molar-refractivity contribution in [2.75, 3.05) is 5.32 Å². The third-order valence-electron chi connectivity index (χ3n) is 3.58. The van der Waals surface area contributed by atoms with E-state index in [-0.39, 0.29) is 12.2 Å². The number of alkyl halides is 3. The molecule has 0 bridgehead atoms. The molecule has 1 amide bonds. The van der Waals surface area contributed by atoms with Crippen LogP contribution in [0.1, 0.15) is 5.56 Å². The summed E-state index contributed by atoms with van der Waals surface area (Å²) in [4.78, 5) is 12.2. The van der Waals surface area contributed by atoms with Crippen molar-refractivity contribution in [3.63, 3.8) is 0 Å². The van der Waals surface area contributed by atoms with E-state index in [1.165, 1.54) is 18.2 Å². The lowest BCUT2D eigenvalue weighted by molar-refractivity contribution is -0.137. The quantitative estimate of drug-likeness (QED) is 0.710. The smallest absolute Gasteiger partial charge is 0.338 e. The fourth-order valence-corrected chi connectivity index (χ4v) is 2.74. The van der Waals surface area contributed by atoms with E-state index in [4.69, 9.17) is 11.6 Å². The fraction of sp³-hybridized carbons (Fsp3) is 0.118. The molecule has 0 aliphatic carbocycles. The van der Waals surface area contributed by atoms with Crippen molar-refractivity contribution in [3.05, 3.63) is 65.3 Å². The topological polar surface area (TPSA) is 34.0 Å². The number of hydrogen-bond donors (Lipinski definition) is 1. The molecule has 0 saturated carbocycles. The highest BCUT2D eigenvalue weighted by Gasteiger charge is 2.33. The Labute approximate surface area is 140 Å². The number of nitrogens with one attached hydrogen (secondary N) is 1. The largest absolute Gasteiger partial charge is 0.418 e. The number of benzene rings is 2. The van der Waals surface area contributed by atoms with Gasteiger partial charge in [0.05, 0.1) is 11.3 Å². The summed E-state index contributed by atoms with van der Waals surface area (Å²) in [5.74, 6) is -0.552. The molecule has 0 fully saturated rings. The Balaban J connectivity index is 1.83. The van der Waals surface area contributed by atoms with Crippen molar-refractivity contribution in [2.45, 2.75) is 12.7 Å². The SMILES string of the molecule is O=C(Cn1ccc2c(Cl)cccc21)Nc1ccccc1C(F)(F)F. The fourth-order valence-electron chi connectivity index (χ4n) is 2.51. The molecule has 0 saturated heterocycles. The normalized spacial score (nSPS) is 11.7. The lowest BCUT2D eigenvalue weighted by Gasteiger charge is -2.14. The van der Waals surface area contributed by atoms with E-state index in [2.05, 4.69) is 5.32 Å². The van der Waals surface area contributed by atoms with E-state index >= 15 is 0 Å². The van der Waals surface area contributed by atoms with Crippen molar-refractivity contribution < 1.29 is 18.0 Å². The van der Waals surface area contributed by atoms with Crippen LogP contribution >= 0.6 is 11.6 Å². The third kappa shape index (κ3) is 3.23. The number of rotatable bonds is 3. The van der Waals surface area contributed by atoms with E-state index in [1.807, 2.05) is 0 Å². The summed E-state index contributed by atoms with van der Waals surface area (Å²) in [6, 6.07) is 11.9. The molecule has 24 heavy (non-hydrogen) atoms. The molecular weight excluding hydrogens is 341 g/mol. The lowest BCUT2D eigenvalue weighted by atomic mass is 10.1. The predicted octanol–water partition coefficient (Wildman–Crippen LogP) is 4.95. The van der Waals surface area contributed by atoms with Gasteiger partial charge in [-0.3, -0.25) is 4.79 Å². The van der Waals surface area contributed by atoms with Gasteiger partial charge in [0, 0.05) is 22.1 Å². The van der Waals surface area contributed by atoms with E-state index in [0.29, 0.717) is 5.02 Å². The Morgan fingerprint density at radius 2 is 1.83 bits per heavy atom. The van der Waals surface area contributed by atoms with Crippen LogP contribution in [0.25, 0.3) is 10.9 Å². The lowest BCUT2D eigenvalue weighted by Crippen LogP contribution is -2.20. The zero-order valence-corrected chi connectivity index (χ0v) is 13.0. The summed E-state index contributed by atoms with van der Waals surface area (Å²) in [6.45, 7) is -0.115. The number of aromatic nitrogens is 1. The number of anilines is 1. The molecule has 0 atom stereocenters. The molecule has 1 N–H and O–H groups in total. The minimum atomic E-state index is -4.53. The molecule has 2 aromatic carbocycles. The molecular formula is C17H12ClF3N2O. The Kier molecular flexibility index (Phi) is 4.24. The maximum atomic E-state index is 13.0. The summed E-state index contributed by atoms with van der Waals surface area (Å²) in [6.07, 6.45) is -2.86. The molecule has 0 radical (unpaired) electrons. The summed E-state index contributed by atoms with van der Waals surface area (Å²) >= 11 is 6.07. The minimum Gasteiger partial charge on any atom is -0.338 e. The highest BCUT2D eigenvalue weighted by atomic mass is 35.5. The summed E-state index contributed by atoms with van der Waals surface area (Å²) in [5.41, 5.74) is -0.398. The molecule has 0 unspecified atom stereocenters. The number of carbonyl (C=O) groups is 1. The van der Waals surface area contributed by atoms with Gasteiger partial charge in [0.25, 0.3) is 0 Å². The second-order valence-electron chi connectivity index (χ2n) is 5.21. The average Bonchev–Trinajstić information content (AvgIpc) is 2.91. The molecule has 0 aliphatic rings. The van der Waals surface area contributed by atoms with Crippen molar-refractivity contribution in [1.82, 2.24) is 4.57 Å². The van der Waals surface area contributed by atoms with Crippen LogP contribution < -0.4 is 5.32 Å². The van der Waals surface area contributed by atoms with Gasteiger partial charge in [-0.25, -0.2) is 0 Å². The number of hydrogen-bond acceptors (Lipinski definition) is 1. The van der Waals surface area contributed by atoms with E-state index in [1.54, 1.807) is 35.0 Å². The Morgan fingerprint density at radius 3 is 2.58 bits per heavy atom. The Morgan fingerprint density at radius 1 is 1.08 bits per heavy atom. The first-order valence-electron chi connectivity index (χ1n) is 7.06. The van der Waals surface area contributed by atoms with E-state index in [0.717, 1.165) is 17.0 Å². The molecule has 1 aromatic heterocycles. The molecule has 3 nitrogen and oxygen atoms in total. The number of carbonyl (C=O) groups excluding carboxylic acids is 1. The number of amides is 1. The number of nitrogens with zero attached hydrogens (tertiary/aromatic N) is 1. The highest BCUT2D eigenvalue weighted by Crippen LogP contribution is 2.34. The van der Waals surface area contributed by atoms with Crippen LogP contribution in [0.2, 0.25) is 5.02 Å². The monoisotopic (exact) mass is 352 g/mol. The van der Waals surface area contributed by atoms with Crippen LogP contribution in [0, 0.1) is 0 Å². The van der Waals surface area contributed by atoms with Gasteiger partial charge in [-0.15, -0.1) is 0 Å². The van der Waals surface area contributed by atoms with Gasteiger partial charge in [0.1, 0.15) is 6.54 Å². The highest BCUT2D eigenvalue weighted by molar-refractivity contribution is 6.35. The van der Waals surface area contributed by atoms with Crippen molar-refractivity contribution >= 4 is 34.1 Å². The van der Waals surface area contributed by atoms with Gasteiger partial charge < -0.3 is 9.88 Å². The molecule has 0 spiro atoms. The first kappa shape index (κ1) is 16.4.